The van der Waals surface area contributed by atoms with E-state index in [1.807, 2.05) is 6.92 Å². The maximum Gasteiger partial charge on any atom is 0.276 e. The maximum absolute atomic E-state index is 12.3. The fraction of sp³-hybridized carbons (Fsp3) is 0.211. The quantitative estimate of drug-likeness (QED) is 0.364. The molecule has 0 fully saturated rings. The monoisotopic (exact) mass is 543 g/mol. The summed E-state index contributed by atoms with van der Waals surface area (Å²) in [5, 5.41) is 2.43. The highest BCUT2D eigenvalue weighted by atomic mass is 79.9. The number of nitrogens with one attached hydrogen (secondary N) is 3. The highest BCUT2D eigenvalue weighted by molar-refractivity contribution is 9.10. The third-order valence-electron chi connectivity index (χ3n) is 3.38. The van der Waals surface area contributed by atoms with E-state index in [1.54, 1.807) is 42.5 Å². The lowest BCUT2D eigenvalue weighted by Gasteiger charge is -2.12. The van der Waals surface area contributed by atoms with Gasteiger partial charge in [0, 0.05) is 10.0 Å². The second kappa shape index (κ2) is 11.7. The molecule has 0 radical (unpaired) electrons. The minimum Gasteiger partial charge on any atom is -0.492 e. The number of benzene rings is 2. The summed E-state index contributed by atoms with van der Waals surface area (Å²) < 4.78 is 12.5. The summed E-state index contributed by atoms with van der Waals surface area (Å²) in [4.78, 5) is 24.1. The number of amides is 2. The lowest BCUT2D eigenvalue weighted by atomic mass is 10.2. The van der Waals surface area contributed by atoms with Crippen LogP contribution in [0.1, 0.15) is 23.7 Å². The van der Waals surface area contributed by atoms with Crippen molar-refractivity contribution in [2.45, 2.75) is 13.3 Å². The van der Waals surface area contributed by atoms with Crippen molar-refractivity contribution >= 4 is 61.0 Å². The van der Waals surface area contributed by atoms with Crippen LogP contribution in [0.15, 0.2) is 51.4 Å². The molecule has 0 aliphatic carbocycles. The molecule has 3 N–H and O–H groups in total. The van der Waals surface area contributed by atoms with Gasteiger partial charge < -0.3 is 9.47 Å². The van der Waals surface area contributed by atoms with Gasteiger partial charge >= 0.3 is 0 Å². The van der Waals surface area contributed by atoms with Crippen molar-refractivity contribution in [2.75, 3.05) is 13.2 Å². The Morgan fingerprint density at radius 1 is 1.03 bits per heavy atom. The molecule has 0 saturated heterocycles. The van der Waals surface area contributed by atoms with Crippen molar-refractivity contribution in [1.82, 2.24) is 16.2 Å². The molecular weight excluding hydrogens is 526 g/mol. The number of rotatable bonds is 7. The lowest BCUT2D eigenvalue weighted by Crippen LogP contribution is -2.49. The molecule has 0 saturated carbocycles. The van der Waals surface area contributed by atoms with E-state index < -0.39 is 11.8 Å². The number of thiocarbonyl (C=S) groups is 1. The first kappa shape index (κ1) is 23.1. The number of carbonyl (C=O) groups is 2. The average Bonchev–Trinajstić information content (AvgIpc) is 2.70. The van der Waals surface area contributed by atoms with Gasteiger partial charge in [0.2, 0.25) is 0 Å². The fourth-order valence-electron chi connectivity index (χ4n) is 2.02. The van der Waals surface area contributed by atoms with Gasteiger partial charge in [-0.05, 0) is 77.0 Å². The van der Waals surface area contributed by atoms with Crippen molar-refractivity contribution in [3.8, 4) is 11.5 Å². The predicted molar refractivity (Wildman–Crippen MR) is 121 cm³/mol. The smallest absolute Gasteiger partial charge is 0.276 e. The van der Waals surface area contributed by atoms with E-state index in [0.29, 0.717) is 28.1 Å². The highest BCUT2D eigenvalue weighted by Crippen LogP contribution is 2.26. The Balaban J connectivity index is 1.76. The van der Waals surface area contributed by atoms with Gasteiger partial charge in [0.25, 0.3) is 11.8 Å². The minimum atomic E-state index is -0.454. The van der Waals surface area contributed by atoms with Gasteiger partial charge in [0.05, 0.1) is 11.1 Å². The first-order chi connectivity index (χ1) is 13.9. The van der Waals surface area contributed by atoms with E-state index >= 15 is 0 Å². The van der Waals surface area contributed by atoms with Crippen LogP contribution in [0, 0.1) is 0 Å². The van der Waals surface area contributed by atoms with Crippen LogP contribution in [0.3, 0.4) is 0 Å². The molecule has 2 aromatic carbocycles. The standard InChI is InChI=1S/C19H19Br2N3O4S/c1-2-9-27-16-8-3-12(10-15(16)21)18(26)22-19(29)24-23-17(25)11-28-14-6-4-13(20)5-7-14/h3-8,10H,2,9,11H2,1H3,(H,23,25)(H2,22,24,26,29). The molecule has 0 bridgehead atoms. The molecule has 2 rings (SSSR count). The second-order valence-electron chi connectivity index (χ2n) is 5.69. The van der Waals surface area contributed by atoms with E-state index in [0.717, 1.165) is 10.9 Å². The third-order valence-corrected chi connectivity index (χ3v) is 4.73. The first-order valence-corrected chi connectivity index (χ1v) is 10.6. The zero-order valence-corrected chi connectivity index (χ0v) is 19.4. The molecule has 10 heteroatoms. The molecule has 7 nitrogen and oxygen atoms in total. The summed E-state index contributed by atoms with van der Waals surface area (Å²) in [6.07, 6.45) is 0.883. The Labute approximate surface area is 190 Å². The predicted octanol–water partition coefficient (Wildman–Crippen LogP) is 3.71. The first-order valence-electron chi connectivity index (χ1n) is 8.60. The molecule has 2 amide bonds. The van der Waals surface area contributed by atoms with Gasteiger partial charge in [-0.1, -0.05) is 22.9 Å². The van der Waals surface area contributed by atoms with Crippen LogP contribution in [0.5, 0.6) is 11.5 Å². The van der Waals surface area contributed by atoms with Gasteiger partial charge in [0.1, 0.15) is 11.5 Å². The number of hydrazine groups is 1. The zero-order valence-electron chi connectivity index (χ0n) is 15.5. The van der Waals surface area contributed by atoms with Crippen LogP contribution < -0.4 is 25.6 Å². The molecule has 29 heavy (non-hydrogen) atoms. The summed E-state index contributed by atoms with van der Waals surface area (Å²) in [6, 6.07) is 12.0. The molecule has 0 aromatic heterocycles. The summed E-state index contributed by atoms with van der Waals surface area (Å²) in [5.41, 5.74) is 5.20. The number of halogens is 2. The zero-order chi connectivity index (χ0) is 21.2. The van der Waals surface area contributed by atoms with Gasteiger partial charge in [-0.25, -0.2) is 0 Å². The van der Waals surface area contributed by atoms with Crippen molar-refractivity contribution in [2.24, 2.45) is 0 Å². The van der Waals surface area contributed by atoms with Crippen LogP contribution in [-0.2, 0) is 4.79 Å². The fourth-order valence-corrected chi connectivity index (χ4v) is 2.92. The largest absolute Gasteiger partial charge is 0.492 e. The Hall–Kier alpha value is -2.17. The van der Waals surface area contributed by atoms with Gasteiger partial charge in [0.15, 0.2) is 11.7 Å². The van der Waals surface area contributed by atoms with Crippen molar-refractivity contribution < 1.29 is 19.1 Å². The Bertz CT molecular complexity index is 878. The Morgan fingerprint density at radius 3 is 2.41 bits per heavy atom. The molecule has 0 unspecified atom stereocenters. The molecule has 2 aromatic rings. The maximum atomic E-state index is 12.3. The summed E-state index contributed by atoms with van der Waals surface area (Å²) in [7, 11) is 0. The van der Waals surface area contributed by atoms with Crippen molar-refractivity contribution in [3.63, 3.8) is 0 Å². The minimum absolute atomic E-state index is 0.0468. The van der Waals surface area contributed by atoms with Crippen LogP contribution >= 0.6 is 44.1 Å². The van der Waals surface area contributed by atoms with E-state index in [-0.39, 0.29) is 11.7 Å². The lowest BCUT2D eigenvalue weighted by molar-refractivity contribution is -0.123. The van der Waals surface area contributed by atoms with Crippen LogP contribution in [0.4, 0.5) is 0 Å². The average molecular weight is 545 g/mol. The van der Waals surface area contributed by atoms with E-state index in [2.05, 4.69) is 48.0 Å². The Morgan fingerprint density at radius 2 is 1.76 bits per heavy atom. The topological polar surface area (TPSA) is 88.7 Å². The molecule has 0 heterocycles. The van der Waals surface area contributed by atoms with E-state index in [9.17, 15) is 9.59 Å². The highest BCUT2D eigenvalue weighted by Gasteiger charge is 2.11. The molecular formula is C19H19Br2N3O4S. The molecule has 0 atom stereocenters. The Kier molecular flexibility index (Phi) is 9.36. The van der Waals surface area contributed by atoms with Gasteiger partial charge in [-0.3, -0.25) is 25.8 Å². The number of ether oxygens (including phenoxy) is 2. The summed E-state index contributed by atoms with van der Waals surface area (Å²) >= 11 is 11.7. The van der Waals surface area contributed by atoms with E-state index in [1.165, 1.54) is 0 Å². The summed E-state index contributed by atoms with van der Waals surface area (Å²) in [5.74, 6) is 0.327. The number of hydrogen-bond acceptors (Lipinski definition) is 5. The SMILES string of the molecule is CCCOc1ccc(C(=O)NC(=S)NNC(=O)COc2ccc(Br)cc2)cc1Br. The van der Waals surface area contributed by atoms with E-state index in [4.69, 9.17) is 21.7 Å². The van der Waals surface area contributed by atoms with Crippen LogP contribution in [-0.4, -0.2) is 30.1 Å². The third kappa shape index (κ3) is 8.00. The van der Waals surface area contributed by atoms with Gasteiger partial charge in [-0.2, -0.15) is 0 Å². The molecule has 0 aliphatic heterocycles. The second-order valence-corrected chi connectivity index (χ2v) is 7.87. The van der Waals surface area contributed by atoms with Crippen molar-refractivity contribution in [3.05, 3.63) is 57.0 Å². The van der Waals surface area contributed by atoms with Crippen LogP contribution in [0.2, 0.25) is 0 Å². The van der Waals surface area contributed by atoms with Crippen molar-refractivity contribution in [1.29, 1.82) is 0 Å². The molecule has 154 valence electrons. The van der Waals surface area contributed by atoms with Gasteiger partial charge in [-0.15, -0.1) is 0 Å². The molecule has 0 spiro atoms. The number of carbonyl (C=O) groups excluding carboxylic acids is 2. The summed E-state index contributed by atoms with van der Waals surface area (Å²) in [6.45, 7) is 2.39. The molecule has 0 aliphatic rings. The normalized spacial score (nSPS) is 10.0. The van der Waals surface area contributed by atoms with Crippen LogP contribution in [0.25, 0.3) is 0 Å². The number of hydrogen-bond donors (Lipinski definition) is 3.